The zero-order valence-electron chi connectivity index (χ0n) is 16.5. The van der Waals surface area contributed by atoms with Crippen molar-refractivity contribution in [2.75, 3.05) is 20.8 Å². The lowest BCUT2D eigenvalue weighted by atomic mass is 10.2. The van der Waals surface area contributed by atoms with Crippen molar-refractivity contribution in [1.29, 1.82) is 0 Å². The molecule has 8 heteroatoms. The topological polar surface area (TPSA) is 75.0 Å². The van der Waals surface area contributed by atoms with Crippen LogP contribution in [0.25, 0.3) is 22.4 Å². The van der Waals surface area contributed by atoms with E-state index in [2.05, 4.69) is 16.7 Å². The predicted molar refractivity (Wildman–Crippen MR) is 117 cm³/mol. The Morgan fingerprint density at radius 3 is 2.53 bits per heavy atom. The molecule has 0 N–H and O–H groups in total. The maximum Gasteiger partial charge on any atom is 0.291 e. The molecule has 0 aliphatic carbocycles. The molecular weight excluding hydrogens is 402 g/mol. The lowest BCUT2D eigenvalue weighted by Gasteiger charge is -2.06. The standard InChI is InChI=1S/C22H19N3O4S/c1-4-11-29-16-7-5-14(6-8-16)20-23-22-25(24-20)21(26)19(30-22)13-15-12-17(27-2)9-10-18(15)28-3/h4-10,12-13H,1,11H2,2-3H3/b19-13-. The van der Waals surface area contributed by atoms with E-state index >= 15 is 0 Å². The molecule has 0 spiro atoms. The van der Waals surface area contributed by atoms with E-state index in [1.54, 1.807) is 38.5 Å². The summed E-state index contributed by atoms with van der Waals surface area (Å²) in [6.07, 6.45) is 3.45. The number of benzene rings is 2. The second-order valence-corrected chi connectivity index (χ2v) is 7.29. The quantitative estimate of drug-likeness (QED) is 0.427. The van der Waals surface area contributed by atoms with E-state index in [-0.39, 0.29) is 5.56 Å². The van der Waals surface area contributed by atoms with Gasteiger partial charge in [-0.2, -0.15) is 9.50 Å². The summed E-state index contributed by atoms with van der Waals surface area (Å²) < 4.78 is 18.0. The highest BCUT2D eigenvalue weighted by molar-refractivity contribution is 7.15. The van der Waals surface area contributed by atoms with Crippen LogP contribution in [0.15, 0.2) is 59.9 Å². The van der Waals surface area contributed by atoms with E-state index in [1.807, 2.05) is 30.3 Å². The number of nitrogens with zero attached hydrogens (tertiary/aromatic N) is 3. The van der Waals surface area contributed by atoms with Crippen molar-refractivity contribution < 1.29 is 14.2 Å². The molecule has 0 unspecified atom stereocenters. The van der Waals surface area contributed by atoms with Gasteiger partial charge in [-0.1, -0.05) is 24.0 Å². The number of fused-ring (bicyclic) bond motifs is 1. The van der Waals surface area contributed by atoms with Gasteiger partial charge in [-0.15, -0.1) is 5.10 Å². The Hall–Kier alpha value is -3.65. The normalized spacial score (nSPS) is 11.6. The Balaban J connectivity index is 1.70. The monoisotopic (exact) mass is 421 g/mol. The second kappa shape index (κ2) is 8.38. The van der Waals surface area contributed by atoms with Crippen LogP contribution in [0.2, 0.25) is 0 Å². The predicted octanol–water partition coefficient (Wildman–Crippen LogP) is 2.95. The third-order valence-electron chi connectivity index (χ3n) is 4.39. The minimum Gasteiger partial charge on any atom is -0.497 e. The molecule has 7 nitrogen and oxygen atoms in total. The van der Waals surface area contributed by atoms with Gasteiger partial charge < -0.3 is 14.2 Å². The summed E-state index contributed by atoms with van der Waals surface area (Å²) in [4.78, 5) is 17.9. The van der Waals surface area contributed by atoms with Gasteiger partial charge in [0.05, 0.1) is 18.8 Å². The lowest BCUT2D eigenvalue weighted by Crippen LogP contribution is -2.23. The fourth-order valence-corrected chi connectivity index (χ4v) is 3.80. The average molecular weight is 421 g/mol. The van der Waals surface area contributed by atoms with Crippen molar-refractivity contribution in [1.82, 2.24) is 14.6 Å². The molecule has 2 heterocycles. The van der Waals surface area contributed by atoms with E-state index in [1.165, 1.54) is 15.9 Å². The molecule has 2 aromatic heterocycles. The van der Waals surface area contributed by atoms with Gasteiger partial charge in [-0.25, -0.2) is 0 Å². The summed E-state index contributed by atoms with van der Waals surface area (Å²) in [6, 6.07) is 12.8. The van der Waals surface area contributed by atoms with Crippen molar-refractivity contribution in [3.05, 3.63) is 75.6 Å². The second-order valence-electron chi connectivity index (χ2n) is 6.28. The van der Waals surface area contributed by atoms with E-state index in [4.69, 9.17) is 14.2 Å². The number of rotatable bonds is 7. The molecule has 0 aliphatic rings. The van der Waals surface area contributed by atoms with Crippen molar-refractivity contribution in [2.45, 2.75) is 0 Å². The first-order valence-corrected chi connectivity index (χ1v) is 9.92. The summed E-state index contributed by atoms with van der Waals surface area (Å²) >= 11 is 1.27. The van der Waals surface area contributed by atoms with Gasteiger partial charge in [-0.05, 0) is 48.5 Å². The first-order chi connectivity index (χ1) is 14.6. The molecule has 0 saturated heterocycles. The lowest BCUT2D eigenvalue weighted by molar-refractivity contribution is 0.363. The maximum absolute atomic E-state index is 12.8. The SMILES string of the molecule is C=CCOc1ccc(-c2nc3s/c(=C\c4cc(OC)ccc4OC)c(=O)n3n2)cc1. The average Bonchev–Trinajstić information content (AvgIpc) is 3.32. The minimum absolute atomic E-state index is 0.232. The van der Waals surface area contributed by atoms with Crippen LogP contribution in [0, 0.1) is 0 Å². The van der Waals surface area contributed by atoms with Gasteiger partial charge in [0.15, 0.2) is 5.82 Å². The maximum atomic E-state index is 12.8. The summed E-state index contributed by atoms with van der Waals surface area (Å²) in [5.41, 5.74) is 1.31. The summed E-state index contributed by atoms with van der Waals surface area (Å²) in [7, 11) is 3.17. The third-order valence-corrected chi connectivity index (χ3v) is 5.34. The first-order valence-electron chi connectivity index (χ1n) is 9.10. The smallest absolute Gasteiger partial charge is 0.291 e. The molecule has 0 amide bonds. The third kappa shape index (κ3) is 3.77. The Labute approximate surface area is 176 Å². The number of methoxy groups -OCH3 is 2. The molecule has 0 bridgehead atoms. The fourth-order valence-electron chi connectivity index (χ4n) is 2.90. The highest BCUT2D eigenvalue weighted by atomic mass is 32.1. The van der Waals surface area contributed by atoms with Crippen LogP contribution in [0.3, 0.4) is 0 Å². The zero-order chi connectivity index (χ0) is 21.1. The molecule has 0 saturated carbocycles. The van der Waals surface area contributed by atoms with Crippen molar-refractivity contribution in [3.8, 4) is 28.6 Å². The molecule has 30 heavy (non-hydrogen) atoms. The van der Waals surface area contributed by atoms with Crippen LogP contribution in [0.1, 0.15) is 5.56 Å². The highest BCUT2D eigenvalue weighted by Gasteiger charge is 2.13. The molecule has 2 aromatic carbocycles. The largest absolute Gasteiger partial charge is 0.497 e. The van der Waals surface area contributed by atoms with Gasteiger partial charge >= 0.3 is 0 Å². The van der Waals surface area contributed by atoms with Gasteiger partial charge in [0.2, 0.25) is 4.96 Å². The van der Waals surface area contributed by atoms with E-state index in [0.717, 1.165) is 16.9 Å². The van der Waals surface area contributed by atoms with Gasteiger partial charge in [0, 0.05) is 11.1 Å². The first kappa shape index (κ1) is 19.7. The summed E-state index contributed by atoms with van der Waals surface area (Å²) in [6.45, 7) is 4.07. The Morgan fingerprint density at radius 1 is 1.10 bits per heavy atom. The Kier molecular flexibility index (Phi) is 5.49. The summed E-state index contributed by atoms with van der Waals surface area (Å²) in [5, 5.41) is 4.38. The zero-order valence-corrected chi connectivity index (χ0v) is 17.3. The number of thiazole rings is 1. The summed E-state index contributed by atoms with van der Waals surface area (Å²) in [5.74, 6) is 2.54. The molecular formula is C22H19N3O4S. The van der Waals surface area contributed by atoms with Gasteiger partial charge in [0.1, 0.15) is 23.9 Å². The van der Waals surface area contributed by atoms with Crippen LogP contribution >= 0.6 is 11.3 Å². The molecule has 4 aromatic rings. The van der Waals surface area contributed by atoms with E-state index < -0.39 is 0 Å². The van der Waals surface area contributed by atoms with Crippen molar-refractivity contribution in [2.24, 2.45) is 0 Å². The number of aromatic nitrogens is 3. The number of hydrogen-bond donors (Lipinski definition) is 0. The van der Waals surface area contributed by atoms with E-state index in [9.17, 15) is 4.79 Å². The number of hydrogen-bond acceptors (Lipinski definition) is 7. The number of ether oxygens (including phenoxy) is 3. The minimum atomic E-state index is -0.232. The molecule has 152 valence electrons. The van der Waals surface area contributed by atoms with Crippen LogP contribution in [0.4, 0.5) is 0 Å². The molecule has 4 rings (SSSR count). The van der Waals surface area contributed by atoms with Crippen molar-refractivity contribution in [3.63, 3.8) is 0 Å². The molecule has 0 fully saturated rings. The van der Waals surface area contributed by atoms with Gasteiger partial charge in [0.25, 0.3) is 5.56 Å². The highest BCUT2D eigenvalue weighted by Crippen LogP contribution is 2.25. The van der Waals surface area contributed by atoms with Crippen LogP contribution in [0.5, 0.6) is 17.2 Å². The van der Waals surface area contributed by atoms with E-state index in [0.29, 0.717) is 33.4 Å². The van der Waals surface area contributed by atoms with Crippen LogP contribution in [-0.4, -0.2) is 35.4 Å². The molecule has 0 atom stereocenters. The van der Waals surface area contributed by atoms with Crippen molar-refractivity contribution >= 4 is 22.4 Å². The fraction of sp³-hybridized carbons (Fsp3) is 0.136. The Morgan fingerprint density at radius 2 is 1.87 bits per heavy atom. The van der Waals surface area contributed by atoms with Crippen LogP contribution in [-0.2, 0) is 0 Å². The van der Waals surface area contributed by atoms with Gasteiger partial charge in [-0.3, -0.25) is 4.79 Å². The Bertz CT molecular complexity index is 1310. The molecule has 0 radical (unpaired) electrons. The molecule has 0 aliphatic heterocycles. The van der Waals surface area contributed by atoms with Crippen LogP contribution < -0.4 is 24.3 Å².